The second-order valence-electron chi connectivity index (χ2n) is 2.69. The van der Waals surface area contributed by atoms with Gasteiger partial charge in [-0.3, -0.25) is 14.5 Å². The summed E-state index contributed by atoms with van der Waals surface area (Å²) in [6.07, 6.45) is 3.58. The molecule has 0 radical (unpaired) electrons. The standard InChI is InChI=1S/C7H7N3OS.C2H6.Cl3OP/c1-12-6-4-7(11)10-5(9-6)2-3-8-10;1-2;1-5(2,3)4/h2-4,8H,1H3;1-2H3;. The molecule has 0 atom stereocenters. The lowest BCUT2D eigenvalue weighted by Gasteiger charge is -1.94. The zero-order chi connectivity index (χ0) is 15.1. The first-order valence-corrected chi connectivity index (χ1v) is 10.8. The SMILES string of the molecule is CC.CSc1cc(=O)n2[nH]ccc2n1.O=P(Cl)(Cl)Cl. The molecule has 0 fully saturated rings. The van der Waals surface area contributed by atoms with Gasteiger partial charge in [-0.2, -0.15) is 0 Å². The van der Waals surface area contributed by atoms with Crippen molar-refractivity contribution in [2.24, 2.45) is 0 Å². The van der Waals surface area contributed by atoms with Gasteiger partial charge in [-0.1, -0.05) is 13.8 Å². The Morgan fingerprint density at radius 2 is 1.89 bits per heavy atom. The fourth-order valence-corrected chi connectivity index (χ4v) is 1.41. The van der Waals surface area contributed by atoms with Crippen LogP contribution in [0, 0.1) is 0 Å². The van der Waals surface area contributed by atoms with Crippen LogP contribution in [0.2, 0.25) is 0 Å². The Labute approximate surface area is 129 Å². The van der Waals surface area contributed by atoms with E-state index in [1.807, 2.05) is 20.1 Å². The number of fused-ring (bicyclic) bond motifs is 1. The topological polar surface area (TPSA) is 67.2 Å². The van der Waals surface area contributed by atoms with Crippen molar-refractivity contribution in [3.05, 3.63) is 28.7 Å². The van der Waals surface area contributed by atoms with E-state index in [1.165, 1.54) is 22.3 Å². The molecule has 10 heteroatoms. The van der Waals surface area contributed by atoms with Crippen molar-refractivity contribution in [3.8, 4) is 0 Å². The molecule has 0 bridgehead atoms. The molecule has 2 rings (SSSR count). The highest BCUT2D eigenvalue weighted by molar-refractivity contribution is 8.24. The van der Waals surface area contributed by atoms with Gasteiger partial charge in [-0.15, -0.1) is 11.8 Å². The Morgan fingerprint density at radius 3 is 2.37 bits per heavy atom. The predicted octanol–water partition coefficient (Wildman–Crippen LogP) is 4.58. The summed E-state index contributed by atoms with van der Waals surface area (Å²) in [4.78, 5) is 15.5. The third-order valence-electron chi connectivity index (χ3n) is 1.57. The maximum atomic E-state index is 11.3. The van der Waals surface area contributed by atoms with E-state index in [0.717, 1.165) is 5.03 Å². The Balaban J connectivity index is 0.000000396. The van der Waals surface area contributed by atoms with Crippen LogP contribution in [-0.2, 0) is 4.57 Å². The molecule has 108 valence electrons. The first-order chi connectivity index (χ1) is 8.81. The fourth-order valence-electron chi connectivity index (χ4n) is 1.01. The van der Waals surface area contributed by atoms with Crippen molar-refractivity contribution in [2.45, 2.75) is 18.9 Å². The molecule has 0 aliphatic rings. The molecule has 0 amide bonds. The minimum Gasteiger partial charge on any atom is -0.297 e. The smallest absolute Gasteiger partial charge is 0.297 e. The number of aromatic nitrogens is 3. The number of H-pyrrole nitrogens is 1. The molecular formula is C9H13Cl3N3O2PS. The molecule has 2 aromatic heterocycles. The monoisotopic (exact) mass is 363 g/mol. The molecule has 0 aromatic carbocycles. The molecule has 0 unspecified atom stereocenters. The van der Waals surface area contributed by atoms with Crippen molar-refractivity contribution in [3.63, 3.8) is 0 Å². The zero-order valence-electron chi connectivity index (χ0n) is 10.4. The lowest BCUT2D eigenvalue weighted by atomic mass is 10.6. The predicted molar refractivity (Wildman–Crippen MR) is 84.1 cm³/mol. The minimum atomic E-state index is -3.22. The molecule has 0 aliphatic heterocycles. The highest BCUT2D eigenvalue weighted by atomic mass is 36.0. The first-order valence-electron chi connectivity index (χ1n) is 5.11. The summed E-state index contributed by atoms with van der Waals surface area (Å²) < 4.78 is 10.9. The van der Waals surface area contributed by atoms with Crippen molar-refractivity contribution < 1.29 is 4.57 Å². The second kappa shape index (κ2) is 8.93. The van der Waals surface area contributed by atoms with E-state index >= 15 is 0 Å². The first kappa shape index (κ1) is 18.9. The Morgan fingerprint density at radius 1 is 1.37 bits per heavy atom. The number of thioether (sulfide) groups is 1. The Bertz CT molecular complexity index is 602. The summed E-state index contributed by atoms with van der Waals surface area (Å²) in [6, 6.07) is 3.27. The molecule has 0 spiro atoms. The van der Waals surface area contributed by atoms with E-state index in [4.69, 9.17) is 0 Å². The summed E-state index contributed by atoms with van der Waals surface area (Å²) >= 11 is 15.3. The molecule has 2 heterocycles. The van der Waals surface area contributed by atoms with Gasteiger partial charge >= 0.3 is 5.20 Å². The van der Waals surface area contributed by atoms with Crippen LogP contribution in [0.4, 0.5) is 0 Å². The van der Waals surface area contributed by atoms with Crippen LogP contribution >= 0.6 is 50.7 Å². The minimum absolute atomic E-state index is 0.0747. The van der Waals surface area contributed by atoms with Gasteiger partial charge in [0, 0.05) is 18.3 Å². The maximum Gasteiger partial charge on any atom is 0.339 e. The van der Waals surface area contributed by atoms with E-state index < -0.39 is 5.20 Å². The van der Waals surface area contributed by atoms with E-state index in [2.05, 4.69) is 43.8 Å². The van der Waals surface area contributed by atoms with Crippen LogP contribution in [0.25, 0.3) is 5.65 Å². The van der Waals surface area contributed by atoms with Gasteiger partial charge in [-0.25, -0.2) is 9.50 Å². The maximum absolute atomic E-state index is 11.3. The summed E-state index contributed by atoms with van der Waals surface area (Å²) in [5.41, 5.74) is 0.584. The average molecular weight is 365 g/mol. The summed E-state index contributed by atoms with van der Waals surface area (Å²) in [7, 11) is 0. The molecule has 2 aromatic rings. The van der Waals surface area contributed by atoms with E-state index in [9.17, 15) is 9.36 Å². The second-order valence-corrected chi connectivity index (χ2v) is 10.2. The highest BCUT2D eigenvalue weighted by Gasteiger charge is 2.03. The van der Waals surface area contributed by atoms with Gasteiger partial charge in [0.15, 0.2) is 5.65 Å². The lowest BCUT2D eigenvalue weighted by Crippen LogP contribution is -2.13. The number of nitrogens with zero attached hydrogens (tertiary/aromatic N) is 2. The van der Waals surface area contributed by atoms with E-state index in [1.54, 1.807) is 12.3 Å². The number of rotatable bonds is 1. The molecule has 0 saturated carbocycles. The lowest BCUT2D eigenvalue weighted by molar-refractivity contribution is 0.600. The van der Waals surface area contributed by atoms with Crippen molar-refractivity contribution >= 4 is 56.3 Å². The van der Waals surface area contributed by atoms with E-state index in [0.29, 0.717) is 5.65 Å². The van der Waals surface area contributed by atoms with Gasteiger partial charge in [-0.05, 0) is 40.0 Å². The fraction of sp³-hybridized carbons (Fsp3) is 0.333. The van der Waals surface area contributed by atoms with Crippen LogP contribution in [0.15, 0.2) is 28.2 Å². The molecule has 19 heavy (non-hydrogen) atoms. The Hall–Kier alpha value is -0.130. The van der Waals surface area contributed by atoms with Gasteiger partial charge in [0.2, 0.25) is 0 Å². The van der Waals surface area contributed by atoms with Crippen molar-refractivity contribution in [2.75, 3.05) is 6.26 Å². The summed E-state index contributed by atoms with van der Waals surface area (Å²) in [5.74, 6) is 0. The third kappa shape index (κ3) is 7.90. The number of hydrogen-bond acceptors (Lipinski definition) is 4. The quantitative estimate of drug-likeness (QED) is 0.457. The third-order valence-corrected chi connectivity index (χ3v) is 2.19. The Kier molecular flexibility index (Phi) is 8.86. The zero-order valence-corrected chi connectivity index (χ0v) is 14.4. The van der Waals surface area contributed by atoms with Crippen LogP contribution < -0.4 is 5.56 Å². The van der Waals surface area contributed by atoms with Crippen molar-refractivity contribution in [1.29, 1.82) is 0 Å². The number of aromatic amines is 1. The normalized spacial score (nSPS) is 10.2. The number of halogens is 3. The molecule has 1 N–H and O–H groups in total. The highest BCUT2D eigenvalue weighted by Crippen LogP contribution is 2.61. The van der Waals surface area contributed by atoms with Crippen LogP contribution in [-0.4, -0.2) is 20.9 Å². The van der Waals surface area contributed by atoms with Gasteiger partial charge in [0.1, 0.15) is 5.03 Å². The van der Waals surface area contributed by atoms with Crippen LogP contribution in [0.5, 0.6) is 0 Å². The largest absolute Gasteiger partial charge is 0.339 e. The summed E-state index contributed by atoms with van der Waals surface area (Å²) in [5, 5.41) is 0.299. The summed E-state index contributed by atoms with van der Waals surface area (Å²) in [6.45, 7) is 4.00. The average Bonchev–Trinajstić information content (AvgIpc) is 2.78. The van der Waals surface area contributed by atoms with Crippen LogP contribution in [0.1, 0.15) is 13.8 Å². The molecule has 5 nitrogen and oxygen atoms in total. The molecule has 0 saturated heterocycles. The van der Waals surface area contributed by atoms with Crippen LogP contribution in [0.3, 0.4) is 0 Å². The van der Waals surface area contributed by atoms with Crippen molar-refractivity contribution in [1.82, 2.24) is 14.6 Å². The van der Waals surface area contributed by atoms with Gasteiger partial charge < -0.3 is 0 Å². The van der Waals surface area contributed by atoms with E-state index in [-0.39, 0.29) is 5.56 Å². The number of hydrogen-bond donors (Lipinski definition) is 1. The molecule has 0 aliphatic carbocycles. The van der Waals surface area contributed by atoms with Gasteiger partial charge in [0.05, 0.1) is 0 Å². The molecular weight excluding hydrogens is 352 g/mol. The van der Waals surface area contributed by atoms with Gasteiger partial charge in [0.25, 0.3) is 5.56 Å². The number of nitrogens with one attached hydrogen (secondary N) is 1.